The second kappa shape index (κ2) is 16.5. The maximum absolute atomic E-state index is 13.8. The summed E-state index contributed by atoms with van der Waals surface area (Å²) in [6, 6.07) is 34.7. The second-order valence-electron chi connectivity index (χ2n) is 12.5. The van der Waals surface area contributed by atoms with E-state index < -0.39 is 35.6 Å². The van der Waals surface area contributed by atoms with Crippen LogP contribution in [0.3, 0.4) is 0 Å². The molecule has 2 atom stereocenters. The van der Waals surface area contributed by atoms with Crippen molar-refractivity contribution in [3.63, 3.8) is 0 Å². The van der Waals surface area contributed by atoms with Crippen LogP contribution < -0.4 is 20.5 Å². The van der Waals surface area contributed by atoms with Crippen LogP contribution >= 0.6 is 15.9 Å². The first-order chi connectivity index (χ1) is 26.8. The van der Waals surface area contributed by atoms with Crippen LogP contribution in [0, 0.1) is 0 Å². The minimum atomic E-state index is -1.17. The predicted molar refractivity (Wildman–Crippen MR) is 205 cm³/mol. The lowest BCUT2D eigenvalue weighted by Gasteiger charge is -2.41. The van der Waals surface area contributed by atoms with Crippen molar-refractivity contribution in [2.24, 2.45) is 0 Å². The number of hydrogen-bond acceptors (Lipinski definition) is 10. The van der Waals surface area contributed by atoms with E-state index in [0.29, 0.717) is 17.1 Å². The fraction of sp³-hybridized carbons (Fsp3) is 0.200. The molecule has 1 saturated heterocycles. The van der Waals surface area contributed by atoms with Gasteiger partial charge >= 0.3 is 11.7 Å². The summed E-state index contributed by atoms with van der Waals surface area (Å²) < 4.78 is 27.2. The number of hydrogen-bond donors (Lipinski definition) is 1. The molecule has 1 aliphatic heterocycles. The highest BCUT2D eigenvalue weighted by atomic mass is 79.9. The maximum atomic E-state index is 13.8. The van der Waals surface area contributed by atoms with Crippen LogP contribution in [0.1, 0.15) is 33.3 Å². The first-order valence-electron chi connectivity index (χ1n) is 17.2. The van der Waals surface area contributed by atoms with Crippen molar-refractivity contribution >= 4 is 33.7 Å². The smallest absolute Gasteiger partial charge is 0.351 e. The molecule has 0 aliphatic carbocycles. The normalized spacial score (nSPS) is 15.7. The topological polar surface area (TPSA) is 152 Å². The number of amides is 2. The zero-order valence-corrected chi connectivity index (χ0v) is 31.4. The van der Waals surface area contributed by atoms with Gasteiger partial charge in [0.2, 0.25) is 4.73 Å². The molecule has 0 spiro atoms. The van der Waals surface area contributed by atoms with Crippen LogP contribution in [-0.2, 0) is 15.1 Å². The highest BCUT2D eigenvalue weighted by Crippen LogP contribution is 2.42. The molecule has 6 aromatic rings. The number of carbonyl (C=O) groups is 2. The van der Waals surface area contributed by atoms with Gasteiger partial charge in [0.15, 0.2) is 6.23 Å². The SMILES string of the molecule is COc1ccc(C(OC[C@@H]2CN(C(=O)n3cnc(Br)n3)C[C@H](n3ccc(NC(=O)c4ccccc4)nc3=O)O2)(c2ccccc2)c2ccc(OC)cc2)cc1. The second-order valence-corrected chi connectivity index (χ2v) is 13.2. The maximum Gasteiger partial charge on any atom is 0.351 e. The Morgan fingerprint density at radius 3 is 2.00 bits per heavy atom. The van der Waals surface area contributed by atoms with Crippen LogP contribution in [0.25, 0.3) is 0 Å². The van der Waals surface area contributed by atoms with Gasteiger partial charge < -0.3 is 29.2 Å². The molecule has 1 N–H and O–H groups in total. The van der Waals surface area contributed by atoms with Gasteiger partial charge in [0.25, 0.3) is 5.91 Å². The average molecular weight is 807 g/mol. The highest BCUT2D eigenvalue weighted by Gasteiger charge is 2.41. The van der Waals surface area contributed by atoms with E-state index in [1.165, 1.54) is 28.1 Å². The van der Waals surface area contributed by atoms with Crippen LogP contribution in [-0.4, -0.2) is 81.2 Å². The molecule has 14 nitrogen and oxygen atoms in total. The number of methoxy groups -OCH3 is 2. The average Bonchev–Trinajstić information content (AvgIpc) is 3.67. The summed E-state index contributed by atoms with van der Waals surface area (Å²) in [6.45, 7) is 0.0445. The van der Waals surface area contributed by atoms with Gasteiger partial charge in [0.1, 0.15) is 35.3 Å². The third-order valence-corrected chi connectivity index (χ3v) is 9.52. The van der Waals surface area contributed by atoms with E-state index >= 15 is 0 Å². The molecule has 0 radical (unpaired) electrons. The Morgan fingerprint density at radius 1 is 0.836 bits per heavy atom. The zero-order valence-electron chi connectivity index (χ0n) is 29.8. The number of rotatable bonds is 11. The molecule has 1 fully saturated rings. The Kier molecular flexibility index (Phi) is 11.1. The fourth-order valence-corrected chi connectivity index (χ4v) is 6.73. The lowest BCUT2D eigenvalue weighted by Crippen LogP contribution is -2.53. The van der Waals surface area contributed by atoms with Crippen molar-refractivity contribution in [1.29, 1.82) is 0 Å². The molecule has 4 aromatic carbocycles. The number of nitrogens with one attached hydrogen (secondary N) is 1. The van der Waals surface area contributed by atoms with Crippen molar-refractivity contribution in [1.82, 2.24) is 29.2 Å². The molecule has 0 unspecified atom stereocenters. The largest absolute Gasteiger partial charge is 0.497 e. The minimum Gasteiger partial charge on any atom is -0.497 e. The van der Waals surface area contributed by atoms with E-state index in [1.54, 1.807) is 44.6 Å². The number of morpholine rings is 1. The van der Waals surface area contributed by atoms with Gasteiger partial charge in [-0.25, -0.2) is 14.6 Å². The fourth-order valence-electron chi connectivity index (χ4n) is 6.47. The molecule has 3 heterocycles. The molecule has 0 saturated carbocycles. The van der Waals surface area contributed by atoms with E-state index in [1.807, 2.05) is 78.9 Å². The summed E-state index contributed by atoms with van der Waals surface area (Å²) in [5, 5.41) is 6.80. The first kappa shape index (κ1) is 37.2. The molecular weight excluding hydrogens is 770 g/mol. The van der Waals surface area contributed by atoms with E-state index in [4.69, 9.17) is 18.9 Å². The van der Waals surface area contributed by atoms with Crippen LogP contribution in [0.5, 0.6) is 11.5 Å². The highest BCUT2D eigenvalue weighted by molar-refractivity contribution is 9.10. The third kappa shape index (κ3) is 8.04. The lowest BCUT2D eigenvalue weighted by atomic mass is 9.80. The van der Waals surface area contributed by atoms with Crippen molar-refractivity contribution in [3.8, 4) is 11.5 Å². The van der Waals surface area contributed by atoms with Gasteiger partial charge in [-0.15, -0.1) is 5.10 Å². The number of aromatic nitrogens is 5. The number of ether oxygens (including phenoxy) is 4. The van der Waals surface area contributed by atoms with Gasteiger partial charge in [0.05, 0.1) is 33.9 Å². The number of carbonyl (C=O) groups excluding carboxylic acids is 2. The lowest BCUT2D eigenvalue weighted by molar-refractivity contribution is -0.149. The summed E-state index contributed by atoms with van der Waals surface area (Å²) in [4.78, 5) is 49.8. The summed E-state index contributed by atoms with van der Waals surface area (Å²) >= 11 is 3.21. The molecule has 2 aromatic heterocycles. The van der Waals surface area contributed by atoms with E-state index in [2.05, 4.69) is 36.3 Å². The Labute approximate surface area is 324 Å². The van der Waals surface area contributed by atoms with Crippen LogP contribution in [0.15, 0.2) is 137 Å². The minimum absolute atomic E-state index is 0.0229. The summed E-state index contributed by atoms with van der Waals surface area (Å²) in [5.74, 6) is 1.01. The Hall–Kier alpha value is -6.16. The predicted octanol–water partition coefficient (Wildman–Crippen LogP) is 5.74. The van der Waals surface area contributed by atoms with E-state index in [9.17, 15) is 14.4 Å². The van der Waals surface area contributed by atoms with Crippen molar-refractivity contribution in [2.75, 3.05) is 39.2 Å². The molecular formula is C40H36BrN7O7. The molecule has 15 heteroatoms. The van der Waals surface area contributed by atoms with Gasteiger partial charge in [-0.2, -0.15) is 9.67 Å². The number of anilines is 1. The Morgan fingerprint density at radius 2 is 1.44 bits per heavy atom. The van der Waals surface area contributed by atoms with Gasteiger partial charge in [-0.1, -0.05) is 72.8 Å². The van der Waals surface area contributed by atoms with E-state index in [0.717, 1.165) is 21.4 Å². The number of benzene rings is 4. The third-order valence-electron chi connectivity index (χ3n) is 9.16. The summed E-state index contributed by atoms with van der Waals surface area (Å²) in [6.07, 6.45) is 1.04. The monoisotopic (exact) mass is 805 g/mol. The van der Waals surface area contributed by atoms with Crippen molar-refractivity contribution < 1.29 is 28.5 Å². The van der Waals surface area contributed by atoms with Gasteiger partial charge in [-0.3, -0.25) is 9.36 Å². The summed E-state index contributed by atoms with van der Waals surface area (Å²) in [5.41, 5.74) is 1.02. The zero-order chi connectivity index (χ0) is 38.4. The van der Waals surface area contributed by atoms with Crippen LogP contribution in [0.4, 0.5) is 10.6 Å². The first-order valence-corrected chi connectivity index (χ1v) is 18.0. The van der Waals surface area contributed by atoms with E-state index in [-0.39, 0.29) is 30.2 Å². The number of nitrogens with zero attached hydrogens (tertiary/aromatic N) is 6. The van der Waals surface area contributed by atoms with Gasteiger partial charge in [0, 0.05) is 11.8 Å². The Bertz CT molecular complexity index is 2260. The molecule has 1 aliphatic rings. The van der Waals surface area contributed by atoms with Crippen LogP contribution in [0.2, 0.25) is 0 Å². The molecule has 55 heavy (non-hydrogen) atoms. The molecule has 280 valence electrons. The molecule has 0 bridgehead atoms. The number of halogens is 1. The molecule has 7 rings (SSSR count). The van der Waals surface area contributed by atoms with Crippen molar-refractivity contribution in [2.45, 2.75) is 17.9 Å². The van der Waals surface area contributed by atoms with Crippen molar-refractivity contribution in [3.05, 3.63) is 165 Å². The summed E-state index contributed by atoms with van der Waals surface area (Å²) in [7, 11) is 3.22. The van der Waals surface area contributed by atoms with Gasteiger partial charge in [-0.05, 0) is 75.1 Å². The quantitative estimate of drug-likeness (QED) is 0.161. The Balaban J connectivity index is 1.24. The molecule has 2 amide bonds. The standard InChI is InChI=1S/C40H36BrN7O7/c1-52-31-17-13-29(14-18-31)40(28-11-7-4-8-12-28,30-15-19-32(53-2)20-16-30)54-25-33-23-46(39(51)48-26-42-37(41)45-48)24-35(55-33)47-22-21-34(44-38(47)50)43-36(49)27-9-5-3-6-10-27/h3-22,26,33,35H,23-25H2,1-2H3,(H,43,44,49,50)/t33-,35+/m0/s1.